The van der Waals surface area contributed by atoms with Crippen molar-refractivity contribution in [2.75, 3.05) is 49.9 Å². The Morgan fingerprint density at radius 2 is 1.54 bits per heavy atom. The van der Waals surface area contributed by atoms with Gasteiger partial charge in [-0.05, 0) is 111 Å². The van der Waals surface area contributed by atoms with Gasteiger partial charge in [0.25, 0.3) is 5.88 Å². The molecule has 4 bridgehead atoms. The molecular weight excluding hydrogens is 598 g/mol. The third-order valence-corrected chi connectivity index (χ3v) is 11.5. The van der Waals surface area contributed by atoms with E-state index in [-0.39, 0.29) is 11.7 Å². The second-order valence-corrected chi connectivity index (χ2v) is 15.2. The molecule has 9 heteroatoms. The van der Waals surface area contributed by atoms with Crippen LogP contribution in [0, 0.1) is 23.2 Å². The molecule has 8 rings (SSSR count). The van der Waals surface area contributed by atoms with Gasteiger partial charge in [-0.15, -0.1) is 0 Å². The van der Waals surface area contributed by atoms with E-state index in [0.717, 1.165) is 80.1 Å². The molecule has 0 unspecified atom stereocenters. The van der Waals surface area contributed by atoms with Crippen LogP contribution in [0.25, 0.3) is 11.3 Å². The molecule has 0 radical (unpaired) electrons. The van der Waals surface area contributed by atoms with Gasteiger partial charge in [0.1, 0.15) is 6.61 Å². The third-order valence-electron chi connectivity index (χ3n) is 11.5. The van der Waals surface area contributed by atoms with Gasteiger partial charge in [0.15, 0.2) is 5.82 Å². The first-order valence-corrected chi connectivity index (χ1v) is 18.5. The summed E-state index contributed by atoms with van der Waals surface area (Å²) in [6.45, 7) is 6.72. The van der Waals surface area contributed by atoms with Gasteiger partial charge in [-0.1, -0.05) is 31.4 Å². The van der Waals surface area contributed by atoms with Crippen molar-refractivity contribution in [3.05, 3.63) is 60.6 Å². The van der Waals surface area contributed by atoms with Gasteiger partial charge < -0.3 is 20.7 Å². The number of anilines is 2. The fourth-order valence-electron chi connectivity index (χ4n) is 9.36. The third kappa shape index (κ3) is 8.28. The molecule has 256 valence electrons. The minimum Gasteiger partial charge on any atom is -0.470 e. The first-order valence-electron chi connectivity index (χ1n) is 18.5. The lowest BCUT2D eigenvalue weighted by Gasteiger charge is -2.56. The van der Waals surface area contributed by atoms with Crippen molar-refractivity contribution < 1.29 is 9.53 Å². The van der Waals surface area contributed by atoms with Crippen LogP contribution in [-0.4, -0.2) is 65.0 Å². The summed E-state index contributed by atoms with van der Waals surface area (Å²) in [5.41, 5.74) is 10.4. The molecule has 2 aromatic heterocycles. The minimum absolute atomic E-state index is 0.281. The van der Waals surface area contributed by atoms with E-state index in [4.69, 9.17) is 10.5 Å². The summed E-state index contributed by atoms with van der Waals surface area (Å²) in [5, 5.41) is 3.36. The first-order chi connectivity index (χ1) is 23.5. The quantitative estimate of drug-likeness (QED) is 0.180. The number of rotatable bonds is 15. The molecule has 4 aliphatic carbocycles. The van der Waals surface area contributed by atoms with E-state index in [0.29, 0.717) is 24.3 Å². The van der Waals surface area contributed by atoms with Gasteiger partial charge >= 0.3 is 0 Å². The van der Waals surface area contributed by atoms with Crippen LogP contribution < -0.4 is 20.7 Å². The number of unbranched alkanes of at least 4 members (excludes halogenated alkanes) is 4. The average Bonchev–Trinajstić information content (AvgIpc) is 3.10. The van der Waals surface area contributed by atoms with E-state index in [1.54, 1.807) is 18.6 Å². The molecule has 0 spiro atoms. The highest BCUT2D eigenvalue weighted by molar-refractivity contribution is 5.75. The Kier molecular flexibility index (Phi) is 10.4. The van der Waals surface area contributed by atoms with Crippen LogP contribution in [-0.2, 0) is 11.4 Å². The molecule has 4 saturated carbocycles. The monoisotopic (exact) mass is 651 g/mol. The second-order valence-electron chi connectivity index (χ2n) is 15.2. The molecule has 5 fully saturated rings. The predicted molar refractivity (Wildman–Crippen MR) is 190 cm³/mol. The molecule has 3 heterocycles. The van der Waals surface area contributed by atoms with Gasteiger partial charge in [0.05, 0.1) is 11.9 Å². The fraction of sp³-hybridized carbons (Fsp3) is 0.590. The highest BCUT2D eigenvalue weighted by Crippen LogP contribution is 2.59. The summed E-state index contributed by atoms with van der Waals surface area (Å²) in [5.74, 6) is 3.76. The van der Waals surface area contributed by atoms with Crippen molar-refractivity contribution in [3.63, 3.8) is 0 Å². The maximum atomic E-state index is 12.6. The zero-order valence-corrected chi connectivity index (χ0v) is 28.5. The average molecular weight is 652 g/mol. The van der Waals surface area contributed by atoms with Crippen LogP contribution >= 0.6 is 0 Å². The van der Waals surface area contributed by atoms with E-state index < -0.39 is 0 Å². The maximum Gasteiger partial charge on any atom is 0.258 e. The number of nitrogens with zero attached hydrogens (tertiary/aromatic N) is 5. The number of benzene rings is 1. The van der Waals surface area contributed by atoms with E-state index in [1.807, 2.05) is 12.1 Å². The molecule has 0 atom stereocenters. The summed E-state index contributed by atoms with van der Waals surface area (Å²) < 4.78 is 5.86. The van der Waals surface area contributed by atoms with Gasteiger partial charge in [-0.2, -0.15) is 0 Å². The number of piperazine rings is 1. The zero-order valence-electron chi connectivity index (χ0n) is 28.5. The zero-order chi connectivity index (χ0) is 32.8. The molecule has 1 saturated heterocycles. The number of hydrogen-bond donors (Lipinski definition) is 2. The van der Waals surface area contributed by atoms with Crippen LogP contribution in [0.15, 0.2) is 55.0 Å². The van der Waals surface area contributed by atoms with Crippen LogP contribution in [0.1, 0.15) is 82.6 Å². The summed E-state index contributed by atoms with van der Waals surface area (Å²) in [4.78, 5) is 30.7. The number of pyridine rings is 1. The fourth-order valence-corrected chi connectivity index (χ4v) is 9.36. The van der Waals surface area contributed by atoms with Gasteiger partial charge in [0.2, 0.25) is 5.91 Å². The largest absolute Gasteiger partial charge is 0.470 e. The maximum absolute atomic E-state index is 12.6. The Bertz CT molecular complexity index is 1450. The Morgan fingerprint density at radius 1 is 0.875 bits per heavy atom. The highest BCUT2D eigenvalue weighted by atomic mass is 16.5. The smallest absolute Gasteiger partial charge is 0.258 e. The van der Waals surface area contributed by atoms with Crippen LogP contribution in [0.3, 0.4) is 0 Å². The molecule has 1 amide bonds. The van der Waals surface area contributed by atoms with E-state index in [1.165, 1.54) is 70.0 Å². The number of hydrogen-bond acceptors (Lipinski definition) is 8. The van der Waals surface area contributed by atoms with Crippen molar-refractivity contribution in [1.29, 1.82) is 0 Å². The molecule has 9 nitrogen and oxygen atoms in total. The van der Waals surface area contributed by atoms with E-state index in [9.17, 15) is 4.79 Å². The lowest BCUT2D eigenvalue weighted by atomic mass is 9.49. The molecule has 3 N–H and O–H groups in total. The predicted octanol–water partition coefficient (Wildman–Crippen LogP) is 6.50. The lowest BCUT2D eigenvalue weighted by molar-refractivity contribution is -0.123. The normalized spacial score (nSPS) is 24.9. The van der Waals surface area contributed by atoms with Crippen LogP contribution in [0.5, 0.6) is 5.88 Å². The molecule has 1 aromatic carbocycles. The standard InChI is InChI=1S/C39H53N7O2/c40-37-38(48-27-29-11-13-41-14-12-29)44-35(26-42-37)33-7-9-34(10-8-33)46-18-16-45(17-19-46)15-5-3-1-2-4-6-36(47)43-28-39-23-30-20-31(24-39)22-32(21-30)25-39/h7-14,26,30-32H,1-6,15-25,27-28H2,(H2,40,42)(H,43,47). The molecule has 5 aliphatic rings. The van der Waals surface area contributed by atoms with Gasteiger partial charge in [0, 0.05) is 62.8 Å². The second kappa shape index (κ2) is 15.2. The van der Waals surface area contributed by atoms with Crippen LogP contribution in [0.2, 0.25) is 0 Å². The van der Waals surface area contributed by atoms with Crippen molar-refractivity contribution in [2.45, 2.75) is 83.7 Å². The molecule has 48 heavy (non-hydrogen) atoms. The van der Waals surface area contributed by atoms with E-state index in [2.05, 4.69) is 54.3 Å². The number of carbonyl (C=O) groups is 1. The summed E-state index contributed by atoms with van der Waals surface area (Å²) in [7, 11) is 0. The highest BCUT2D eigenvalue weighted by Gasteiger charge is 2.50. The number of amides is 1. The summed E-state index contributed by atoms with van der Waals surface area (Å²) in [6, 6.07) is 12.3. The molecule has 3 aromatic rings. The SMILES string of the molecule is Nc1ncc(-c2ccc(N3CCN(CCCCCCCC(=O)NCC45CC6CC(CC(C6)C4)C5)CC3)cc2)nc1OCc1ccncc1. The van der Waals surface area contributed by atoms with Crippen molar-refractivity contribution in [1.82, 2.24) is 25.2 Å². The van der Waals surface area contributed by atoms with Crippen molar-refractivity contribution >= 4 is 17.4 Å². The number of nitrogens with two attached hydrogens (primary N) is 1. The number of nitrogen functional groups attached to an aromatic ring is 1. The van der Waals surface area contributed by atoms with Crippen molar-refractivity contribution in [3.8, 4) is 17.1 Å². The minimum atomic E-state index is 0.281. The molecular formula is C39H53N7O2. The number of aromatic nitrogens is 3. The Hall–Kier alpha value is -3.72. The van der Waals surface area contributed by atoms with Gasteiger partial charge in [-0.3, -0.25) is 14.7 Å². The van der Waals surface area contributed by atoms with Gasteiger partial charge in [-0.25, -0.2) is 9.97 Å². The van der Waals surface area contributed by atoms with E-state index >= 15 is 0 Å². The molecule has 1 aliphatic heterocycles. The Balaban J connectivity index is 0.758. The Morgan fingerprint density at radius 3 is 2.25 bits per heavy atom. The summed E-state index contributed by atoms with van der Waals surface area (Å²) >= 11 is 0. The summed E-state index contributed by atoms with van der Waals surface area (Å²) in [6.07, 6.45) is 20.3. The number of ether oxygens (including phenoxy) is 1. The lowest BCUT2D eigenvalue weighted by Crippen LogP contribution is -2.51. The number of nitrogens with one attached hydrogen (secondary N) is 1. The topological polar surface area (TPSA) is 110 Å². The van der Waals surface area contributed by atoms with Crippen molar-refractivity contribution in [2.24, 2.45) is 23.2 Å². The first kappa shape index (κ1) is 32.8. The van der Waals surface area contributed by atoms with Crippen LogP contribution in [0.4, 0.5) is 11.5 Å². The Labute approximate surface area is 286 Å². The number of carbonyl (C=O) groups excluding carboxylic acids is 1.